The zero-order valence-corrected chi connectivity index (χ0v) is 10.2. The van der Waals surface area contributed by atoms with Crippen molar-refractivity contribution in [3.63, 3.8) is 0 Å². The second-order valence-electron chi connectivity index (χ2n) is 3.84. The summed E-state index contributed by atoms with van der Waals surface area (Å²) in [5.41, 5.74) is 7.84. The van der Waals surface area contributed by atoms with Gasteiger partial charge in [-0.05, 0) is 13.0 Å². The second kappa shape index (κ2) is 4.79. The second-order valence-corrected chi connectivity index (χ2v) is 3.84. The molecule has 2 heterocycles. The van der Waals surface area contributed by atoms with Crippen LogP contribution in [0.4, 0.5) is 11.4 Å². The van der Waals surface area contributed by atoms with Crippen LogP contribution in [0.1, 0.15) is 16.2 Å². The Labute approximate surface area is 105 Å². The Balaban J connectivity index is 2.29. The van der Waals surface area contributed by atoms with E-state index in [9.17, 15) is 4.79 Å². The highest BCUT2D eigenvalue weighted by atomic mass is 16.2. The smallest absolute Gasteiger partial charge is 0.278 e. The molecular weight excluding hydrogens is 230 g/mol. The molecule has 6 heteroatoms. The minimum Gasteiger partial charge on any atom is -0.396 e. The van der Waals surface area contributed by atoms with Crippen LogP contribution in [0, 0.1) is 6.92 Å². The van der Waals surface area contributed by atoms with Gasteiger partial charge in [-0.25, -0.2) is 4.98 Å². The highest BCUT2D eigenvalue weighted by Crippen LogP contribution is 2.21. The fraction of sp³-hybridized carbons (Fsp3) is 0.167. The van der Waals surface area contributed by atoms with Gasteiger partial charge >= 0.3 is 0 Å². The van der Waals surface area contributed by atoms with Crippen molar-refractivity contribution in [1.29, 1.82) is 0 Å². The van der Waals surface area contributed by atoms with Crippen molar-refractivity contribution >= 4 is 17.3 Å². The van der Waals surface area contributed by atoms with Crippen molar-refractivity contribution in [3.05, 3.63) is 42.2 Å². The first-order valence-electron chi connectivity index (χ1n) is 5.36. The summed E-state index contributed by atoms with van der Waals surface area (Å²) in [6, 6.07) is 1.68. The lowest BCUT2D eigenvalue weighted by molar-refractivity contribution is 0.0988. The molecule has 18 heavy (non-hydrogen) atoms. The van der Waals surface area contributed by atoms with Gasteiger partial charge in [0, 0.05) is 19.4 Å². The fourth-order valence-corrected chi connectivity index (χ4v) is 1.49. The molecule has 0 unspecified atom stereocenters. The van der Waals surface area contributed by atoms with Gasteiger partial charge in [0.1, 0.15) is 5.69 Å². The summed E-state index contributed by atoms with van der Waals surface area (Å²) in [6.07, 6.45) is 6.08. The quantitative estimate of drug-likeness (QED) is 0.851. The van der Waals surface area contributed by atoms with Crippen molar-refractivity contribution in [1.82, 2.24) is 15.0 Å². The molecule has 0 saturated carbocycles. The number of pyridine rings is 1. The average Bonchev–Trinajstić information content (AvgIpc) is 2.38. The maximum Gasteiger partial charge on any atom is 0.278 e. The number of carbonyl (C=O) groups excluding carboxylic acids is 1. The van der Waals surface area contributed by atoms with Crippen molar-refractivity contribution < 1.29 is 4.79 Å². The highest BCUT2D eigenvalue weighted by molar-refractivity contribution is 6.05. The maximum atomic E-state index is 12.2. The lowest BCUT2D eigenvalue weighted by Gasteiger charge is -2.18. The Morgan fingerprint density at radius 2 is 2.06 bits per heavy atom. The molecule has 2 aromatic rings. The molecule has 0 radical (unpaired) electrons. The molecular formula is C12H13N5O. The first-order valence-corrected chi connectivity index (χ1v) is 5.36. The van der Waals surface area contributed by atoms with E-state index >= 15 is 0 Å². The Hall–Kier alpha value is -2.50. The average molecular weight is 243 g/mol. The minimum absolute atomic E-state index is 0.264. The van der Waals surface area contributed by atoms with Gasteiger partial charge in [0.25, 0.3) is 5.91 Å². The van der Waals surface area contributed by atoms with E-state index in [-0.39, 0.29) is 11.6 Å². The number of rotatable bonds is 2. The highest BCUT2D eigenvalue weighted by Gasteiger charge is 2.16. The van der Waals surface area contributed by atoms with Gasteiger partial charge in [-0.2, -0.15) is 0 Å². The monoisotopic (exact) mass is 243 g/mol. The molecule has 92 valence electrons. The van der Waals surface area contributed by atoms with Crippen LogP contribution in [0.2, 0.25) is 0 Å². The largest absolute Gasteiger partial charge is 0.396 e. The van der Waals surface area contributed by atoms with Crippen LogP contribution in [-0.2, 0) is 0 Å². The van der Waals surface area contributed by atoms with Crippen LogP contribution in [0.3, 0.4) is 0 Å². The summed E-state index contributed by atoms with van der Waals surface area (Å²) in [5.74, 6) is -0.264. The Morgan fingerprint density at radius 3 is 2.67 bits per heavy atom. The molecule has 2 N–H and O–H groups in total. The van der Waals surface area contributed by atoms with Crippen LogP contribution >= 0.6 is 0 Å². The number of carbonyl (C=O) groups is 1. The van der Waals surface area contributed by atoms with E-state index in [1.54, 1.807) is 25.5 Å². The van der Waals surface area contributed by atoms with Crippen LogP contribution in [-0.4, -0.2) is 27.9 Å². The SMILES string of the molecule is Cc1cnc(C(=O)N(C)c2ccncc2N)cn1. The summed E-state index contributed by atoms with van der Waals surface area (Å²) >= 11 is 0. The number of nitrogen functional groups attached to an aromatic ring is 1. The Kier molecular flexibility index (Phi) is 3.18. The summed E-state index contributed by atoms with van der Waals surface area (Å²) < 4.78 is 0. The first-order chi connectivity index (χ1) is 8.59. The van der Waals surface area contributed by atoms with E-state index in [1.165, 1.54) is 17.3 Å². The van der Waals surface area contributed by atoms with Crippen LogP contribution in [0.5, 0.6) is 0 Å². The molecule has 1 amide bonds. The fourth-order valence-electron chi connectivity index (χ4n) is 1.49. The van der Waals surface area contributed by atoms with Crippen molar-refractivity contribution in [2.24, 2.45) is 0 Å². The summed E-state index contributed by atoms with van der Waals surface area (Å²) in [7, 11) is 1.63. The van der Waals surface area contributed by atoms with Gasteiger partial charge in [-0.1, -0.05) is 0 Å². The lowest BCUT2D eigenvalue weighted by atomic mass is 10.3. The van der Waals surface area contributed by atoms with Crippen molar-refractivity contribution in [3.8, 4) is 0 Å². The number of hydrogen-bond acceptors (Lipinski definition) is 5. The number of aromatic nitrogens is 3. The molecule has 0 fully saturated rings. The summed E-state index contributed by atoms with van der Waals surface area (Å²) in [4.78, 5) is 25.6. The molecule has 0 aromatic carbocycles. The molecule has 0 saturated heterocycles. The van der Waals surface area contributed by atoms with E-state index in [0.29, 0.717) is 11.4 Å². The minimum atomic E-state index is -0.264. The van der Waals surface area contributed by atoms with E-state index in [0.717, 1.165) is 5.69 Å². The van der Waals surface area contributed by atoms with E-state index < -0.39 is 0 Å². The van der Waals surface area contributed by atoms with Gasteiger partial charge < -0.3 is 10.6 Å². The molecule has 2 rings (SSSR count). The molecule has 0 aliphatic carbocycles. The Morgan fingerprint density at radius 1 is 1.28 bits per heavy atom. The third-order valence-electron chi connectivity index (χ3n) is 2.49. The van der Waals surface area contributed by atoms with E-state index in [2.05, 4.69) is 15.0 Å². The molecule has 6 nitrogen and oxygen atoms in total. The third kappa shape index (κ3) is 2.27. The molecule has 0 aliphatic rings. The molecule has 0 atom stereocenters. The third-order valence-corrected chi connectivity index (χ3v) is 2.49. The molecule has 2 aromatic heterocycles. The number of aryl methyl sites for hydroxylation is 1. The first kappa shape index (κ1) is 12.0. The maximum absolute atomic E-state index is 12.2. The number of nitrogens with zero attached hydrogens (tertiary/aromatic N) is 4. The number of amides is 1. The van der Waals surface area contributed by atoms with E-state index in [1.807, 2.05) is 6.92 Å². The van der Waals surface area contributed by atoms with Crippen LogP contribution < -0.4 is 10.6 Å². The molecule has 0 spiro atoms. The summed E-state index contributed by atoms with van der Waals surface area (Å²) in [5, 5.41) is 0. The van der Waals surface area contributed by atoms with Crippen molar-refractivity contribution in [2.45, 2.75) is 6.92 Å². The topological polar surface area (TPSA) is 85.0 Å². The standard InChI is InChI=1S/C12H13N5O/c1-8-5-16-10(7-15-8)12(18)17(2)11-3-4-14-6-9(11)13/h3-7H,13H2,1-2H3. The normalized spacial score (nSPS) is 10.1. The number of hydrogen-bond donors (Lipinski definition) is 1. The van der Waals surface area contributed by atoms with Gasteiger partial charge in [0.05, 0.1) is 29.5 Å². The van der Waals surface area contributed by atoms with Crippen LogP contribution in [0.25, 0.3) is 0 Å². The zero-order valence-electron chi connectivity index (χ0n) is 10.2. The van der Waals surface area contributed by atoms with Crippen LogP contribution in [0.15, 0.2) is 30.9 Å². The van der Waals surface area contributed by atoms with Gasteiger partial charge in [-0.15, -0.1) is 0 Å². The van der Waals surface area contributed by atoms with Gasteiger partial charge in [0.15, 0.2) is 0 Å². The lowest BCUT2D eigenvalue weighted by Crippen LogP contribution is -2.28. The van der Waals surface area contributed by atoms with Gasteiger partial charge in [-0.3, -0.25) is 14.8 Å². The zero-order chi connectivity index (χ0) is 13.1. The molecule has 0 aliphatic heterocycles. The predicted octanol–water partition coefficient (Wildman–Crippen LogP) is 1.04. The number of nitrogens with two attached hydrogens (primary N) is 1. The summed E-state index contributed by atoms with van der Waals surface area (Å²) in [6.45, 7) is 1.81. The van der Waals surface area contributed by atoms with Gasteiger partial charge in [0.2, 0.25) is 0 Å². The number of anilines is 2. The molecule has 0 bridgehead atoms. The predicted molar refractivity (Wildman–Crippen MR) is 68.2 cm³/mol. The van der Waals surface area contributed by atoms with E-state index in [4.69, 9.17) is 5.73 Å². The Bertz CT molecular complexity index is 567. The van der Waals surface area contributed by atoms with Crippen molar-refractivity contribution in [2.75, 3.05) is 17.7 Å².